The number of hydrogen-bond donors (Lipinski definition) is 1. The molecule has 0 aliphatic carbocycles. The quantitative estimate of drug-likeness (QED) is 0.801. The molecule has 1 aromatic heterocycles. The van der Waals surface area contributed by atoms with Gasteiger partial charge in [0.25, 0.3) is 0 Å². The Morgan fingerprint density at radius 2 is 1.95 bits per heavy atom. The molecule has 0 bridgehead atoms. The van der Waals surface area contributed by atoms with Crippen molar-refractivity contribution < 1.29 is 9.90 Å². The predicted molar refractivity (Wildman–Crippen MR) is 80.3 cm³/mol. The maximum atomic E-state index is 11.5. The second kappa shape index (κ2) is 5.01. The van der Waals surface area contributed by atoms with E-state index in [0.717, 1.165) is 23.2 Å². The minimum atomic E-state index is -0.939. The Morgan fingerprint density at radius 3 is 2.57 bits per heavy atom. The normalized spacial score (nSPS) is 11.0. The first kappa shape index (κ1) is 13.3. The third kappa shape index (κ3) is 2.16. The summed E-state index contributed by atoms with van der Waals surface area (Å²) < 4.78 is 1.70. The van der Waals surface area contributed by atoms with Gasteiger partial charge < -0.3 is 5.11 Å². The molecule has 0 spiro atoms. The lowest BCUT2D eigenvalue weighted by Gasteiger charge is -2.08. The number of aryl methyl sites for hydroxylation is 2. The van der Waals surface area contributed by atoms with Crippen LogP contribution in [0.2, 0.25) is 0 Å². The maximum Gasteiger partial charge on any atom is 0.336 e. The van der Waals surface area contributed by atoms with Crippen LogP contribution in [-0.4, -0.2) is 25.8 Å². The van der Waals surface area contributed by atoms with Gasteiger partial charge in [-0.1, -0.05) is 37.3 Å². The number of rotatable bonds is 3. The Labute approximate surface area is 121 Å². The van der Waals surface area contributed by atoms with Gasteiger partial charge in [0.05, 0.1) is 5.56 Å². The van der Waals surface area contributed by atoms with E-state index in [1.807, 2.05) is 38.2 Å². The van der Waals surface area contributed by atoms with Crippen molar-refractivity contribution in [1.82, 2.24) is 14.8 Å². The molecule has 0 aliphatic heterocycles. The molecular weight excluding hydrogens is 266 g/mol. The summed E-state index contributed by atoms with van der Waals surface area (Å²) in [5.41, 5.74) is 1.07. The zero-order valence-electron chi connectivity index (χ0n) is 11.9. The molecule has 5 nitrogen and oxygen atoms in total. The summed E-state index contributed by atoms with van der Waals surface area (Å²) in [5.74, 6) is 0.495. The SMILES string of the molecule is CCc1nc(-c2cccc3cccc(C(=O)O)c23)n(C)n1. The molecule has 0 saturated heterocycles. The fourth-order valence-corrected chi connectivity index (χ4v) is 2.53. The average molecular weight is 281 g/mol. The van der Waals surface area contributed by atoms with Gasteiger partial charge in [0.2, 0.25) is 0 Å². The molecule has 5 heteroatoms. The van der Waals surface area contributed by atoms with Crippen molar-refractivity contribution in [1.29, 1.82) is 0 Å². The fourth-order valence-electron chi connectivity index (χ4n) is 2.53. The molecule has 3 aromatic rings. The summed E-state index contributed by atoms with van der Waals surface area (Å²) in [6, 6.07) is 11.0. The Hall–Kier alpha value is -2.69. The summed E-state index contributed by atoms with van der Waals surface area (Å²) in [7, 11) is 1.82. The van der Waals surface area contributed by atoms with Gasteiger partial charge in [-0.15, -0.1) is 0 Å². The van der Waals surface area contributed by atoms with E-state index in [4.69, 9.17) is 0 Å². The molecule has 1 heterocycles. The third-order valence-electron chi connectivity index (χ3n) is 3.50. The predicted octanol–water partition coefficient (Wildman–Crippen LogP) is 2.90. The molecular formula is C16H15N3O2. The standard InChI is InChI=1S/C16H15N3O2/c1-3-13-17-15(19(2)18-13)11-8-4-6-10-7-5-9-12(14(10)11)16(20)21/h4-9H,3H2,1-2H3,(H,20,21). The fraction of sp³-hybridized carbons (Fsp3) is 0.188. The van der Waals surface area contributed by atoms with Crippen LogP contribution in [0.25, 0.3) is 22.2 Å². The van der Waals surface area contributed by atoms with Gasteiger partial charge in [-0.25, -0.2) is 14.5 Å². The first-order valence-corrected chi connectivity index (χ1v) is 6.77. The first-order valence-electron chi connectivity index (χ1n) is 6.77. The summed E-state index contributed by atoms with van der Waals surface area (Å²) in [5, 5.41) is 15.4. The van der Waals surface area contributed by atoms with Gasteiger partial charge in [0.15, 0.2) is 11.6 Å². The smallest absolute Gasteiger partial charge is 0.336 e. The van der Waals surface area contributed by atoms with Crippen LogP contribution >= 0.6 is 0 Å². The van der Waals surface area contributed by atoms with E-state index in [1.165, 1.54) is 0 Å². The minimum Gasteiger partial charge on any atom is -0.478 e. The Kier molecular flexibility index (Phi) is 3.17. The summed E-state index contributed by atoms with van der Waals surface area (Å²) in [4.78, 5) is 16.0. The number of carboxylic acids is 1. The van der Waals surface area contributed by atoms with Gasteiger partial charge >= 0.3 is 5.97 Å². The van der Waals surface area contributed by atoms with E-state index in [2.05, 4.69) is 10.1 Å². The molecule has 0 atom stereocenters. The van der Waals surface area contributed by atoms with Crippen LogP contribution in [0.15, 0.2) is 36.4 Å². The molecule has 0 fully saturated rings. The average Bonchev–Trinajstić information content (AvgIpc) is 2.87. The highest BCUT2D eigenvalue weighted by atomic mass is 16.4. The third-order valence-corrected chi connectivity index (χ3v) is 3.50. The second-order valence-electron chi connectivity index (χ2n) is 4.84. The second-order valence-corrected chi connectivity index (χ2v) is 4.84. The van der Waals surface area contributed by atoms with Crippen LogP contribution < -0.4 is 0 Å². The number of fused-ring (bicyclic) bond motifs is 1. The van der Waals surface area contributed by atoms with Crippen LogP contribution in [0.5, 0.6) is 0 Å². The summed E-state index contributed by atoms with van der Waals surface area (Å²) in [6.45, 7) is 1.99. The van der Waals surface area contributed by atoms with E-state index in [0.29, 0.717) is 11.2 Å². The Morgan fingerprint density at radius 1 is 1.24 bits per heavy atom. The van der Waals surface area contributed by atoms with Crippen molar-refractivity contribution in [3.63, 3.8) is 0 Å². The van der Waals surface area contributed by atoms with Crippen LogP contribution in [0.1, 0.15) is 23.1 Å². The van der Waals surface area contributed by atoms with Gasteiger partial charge in [0, 0.05) is 24.4 Å². The van der Waals surface area contributed by atoms with Crippen molar-refractivity contribution in [2.75, 3.05) is 0 Å². The number of aromatic nitrogens is 3. The van der Waals surface area contributed by atoms with Crippen LogP contribution in [0, 0.1) is 0 Å². The number of carboxylic acid groups (broad SMARTS) is 1. The summed E-state index contributed by atoms with van der Waals surface area (Å²) in [6.07, 6.45) is 0.740. The highest BCUT2D eigenvalue weighted by molar-refractivity contribution is 6.09. The molecule has 0 saturated carbocycles. The molecule has 0 aliphatic rings. The zero-order chi connectivity index (χ0) is 15.0. The van der Waals surface area contributed by atoms with Gasteiger partial charge in [-0.05, 0) is 11.5 Å². The number of aromatic carboxylic acids is 1. The van der Waals surface area contributed by atoms with E-state index >= 15 is 0 Å². The van der Waals surface area contributed by atoms with E-state index < -0.39 is 5.97 Å². The van der Waals surface area contributed by atoms with E-state index in [1.54, 1.807) is 16.8 Å². The van der Waals surface area contributed by atoms with Gasteiger partial charge in [0.1, 0.15) is 0 Å². The van der Waals surface area contributed by atoms with E-state index in [-0.39, 0.29) is 5.56 Å². The summed E-state index contributed by atoms with van der Waals surface area (Å²) >= 11 is 0. The highest BCUT2D eigenvalue weighted by Crippen LogP contribution is 2.30. The molecule has 2 aromatic carbocycles. The van der Waals surface area contributed by atoms with Crippen molar-refractivity contribution in [3.05, 3.63) is 47.8 Å². The van der Waals surface area contributed by atoms with Crippen molar-refractivity contribution in [2.45, 2.75) is 13.3 Å². The monoisotopic (exact) mass is 281 g/mol. The number of nitrogens with zero attached hydrogens (tertiary/aromatic N) is 3. The van der Waals surface area contributed by atoms with Crippen LogP contribution in [0.3, 0.4) is 0 Å². The largest absolute Gasteiger partial charge is 0.478 e. The molecule has 0 amide bonds. The Bertz CT molecular complexity index is 831. The number of benzene rings is 2. The maximum absolute atomic E-state index is 11.5. The van der Waals surface area contributed by atoms with Gasteiger partial charge in [-0.2, -0.15) is 5.10 Å². The lowest BCUT2D eigenvalue weighted by Crippen LogP contribution is -2.01. The molecule has 1 N–H and O–H groups in total. The molecule has 21 heavy (non-hydrogen) atoms. The van der Waals surface area contributed by atoms with Gasteiger partial charge in [-0.3, -0.25) is 0 Å². The molecule has 0 radical (unpaired) electrons. The number of hydrogen-bond acceptors (Lipinski definition) is 3. The van der Waals surface area contributed by atoms with E-state index in [9.17, 15) is 9.90 Å². The topological polar surface area (TPSA) is 68.0 Å². The van der Waals surface area contributed by atoms with Crippen molar-refractivity contribution in [2.24, 2.45) is 7.05 Å². The lowest BCUT2D eigenvalue weighted by atomic mass is 9.99. The zero-order valence-corrected chi connectivity index (χ0v) is 11.9. The highest BCUT2D eigenvalue weighted by Gasteiger charge is 2.16. The molecule has 3 rings (SSSR count). The lowest BCUT2D eigenvalue weighted by molar-refractivity contribution is 0.0699. The molecule has 0 unspecified atom stereocenters. The number of carbonyl (C=O) groups is 1. The molecule has 106 valence electrons. The van der Waals surface area contributed by atoms with Crippen molar-refractivity contribution in [3.8, 4) is 11.4 Å². The van der Waals surface area contributed by atoms with Crippen LogP contribution in [0.4, 0.5) is 0 Å². The first-order chi connectivity index (χ1) is 10.1. The minimum absolute atomic E-state index is 0.282. The van der Waals surface area contributed by atoms with Crippen LogP contribution in [-0.2, 0) is 13.5 Å². The van der Waals surface area contributed by atoms with Crippen molar-refractivity contribution >= 4 is 16.7 Å². The Balaban J connectivity index is 2.37.